The van der Waals surface area contributed by atoms with Crippen molar-refractivity contribution < 1.29 is 14.7 Å². The number of amides is 2. The zero-order valence-corrected chi connectivity index (χ0v) is 12.2. The second-order valence-electron chi connectivity index (χ2n) is 6.19. The van der Waals surface area contributed by atoms with E-state index < -0.39 is 5.60 Å². The number of nitrogens with one attached hydrogen (secondary N) is 2. The second-order valence-corrected chi connectivity index (χ2v) is 6.19. The minimum absolute atomic E-state index is 0.00739. The molecule has 0 radical (unpaired) electrons. The molecule has 5 heteroatoms. The summed E-state index contributed by atoms with van der Waals surface area (Å²) in [7, 11) is 0. The molecule has 1 aliphatic rings. The summed E-state index contributed by atoms with van der Waals surface area (Å²) in [6, 6.07) is 0. The van der Waals surface area contributed by atoms with E-state index in [0.29, 0.717) is 31.7 Å². The van der Waals surface area contributed by atoms with Crippen molar-refractivity contribution in [1.82, 2.24) is 10.6 Å². The Morgan fingerprint density at radius 1 is 1.58 bits per heavy atom. The first-order valence-corrected chi connectivity index (χ1v) is 7.07. The molecule has 110 valence electrons. The Morgan fingerprint density at radius 3 is 2.79 bits per heavy atom. The van der Waals surface area contributed by atoms with E-state index in [1.807, 2.05) is 0 Å². The lowest BCUT2D eigenvalue weighted by Crippen LogP contribution is -2.47. The van der Waals surface area contributed by atoms with Crippen molar-refractivity contribution in [3.05, 3.63) is 0 Å². The average Bonchev–Trinajstić information content (AvgIpc) is 2.35. The first-order chi connectivity index (χ1) is 8.80. The van der Waals surface area contributed by atoms with Crippen LogP contribution in [0.25, 0.3) is 0 Å². The van der Waals surface area contributed by atoms with E-state index in [4.69, 9.17) is 0 Å². The van der Waals surface area contributed by atoms with E-state index in [2.05, 4.69) is 24.5 Å². The van der Waals surface area contributed by atoms with Gasteiger partial charge in [-0.05, 0) is 32.1 Å². The summed E-state index contributed by atoms with van der Waals surface area (Å²) in [5, 5.41) is 15.6. The van der Waals surface area contributed by atoms with Gasteiger partial charge in [0.2, 0.25) is 11.8 Å². The molecule has 0 aromatic heterocycles. The molecule has 1 heterocycles. The highest BCUT2D eigenvalue weighted by Crippen LogP contribution is 2.16. The van der Waals surface area contributed by atoms with Crippen molar-refractivity contribution in [2.45, 2.75) is 52.1 Å². The van der Waals surface area contributed by atoms with E-state index >= 15 is 0 Å². The largest absolute Gasteiger partial charge is 0.388 e. The average molecular weight is 270 g/mol. The summed E-state index contributed by atoms with van der Waals surface area (Å²) in [5.41, 5.74) is -0.863. The number of carbonyl (C=O) groups is 2. The van der Waals surface area contributed by atoms with Crippen molar-refractivity contribution >= 4 is 11.8 Å². The molecule has 0 bridgehead atoms. The minimum atomic E-state index is -0.863. The quantitative estimate of drug-likeness (QED) is 0.668. The van der Waals surface area contributed by atoms with Crippen LogP contribution in [0.15, 0.2) is 0 Å². The highest BCUT2D eigenvalue weighted by molar-refractivity contribution is 5.83. The van der Waals surface area contributed by atoms with Gasteiger partial charge in [-0.2, -0.15) is 0 Å². The Hall–Kier alpha value is -1.10. The molecule has 5 nitrogen and oxygen atoms in total. The van der Waals surface area contributed by atoms with Crippen LogP contribution in [0.3, 0.4) is 0 Å². The fourth-order valence-electron chi connectivity index (χ4n) is 2.07. The fraction of sp³-hybridized carbons (Fsp3) is 0.857. The molecular formula is C14H26N2O3. The predicted octanol–water partition coefficient (Wildman–Crippen LogP) is 0.816. The van der Waals surface area contributed by atoms with E-state index in [1.165, 1.54) is 0 Å². The molecular weight excluding hydrogens is 244 g/mol. The standard InChI is InChI=1S/C14H26N2O3/c1-10(2)6-7-14(3,19)9-16-13(18)11-4-5-12(17)15-8-11/h10-11,19H,4-9H2,1-3H3,(H,15,17)(H,16,18). The molecule has 19 heavy (non-hydrogen) atoms. The van der Waals surface area contributed by atoms with Gasteiger partial charge in [0.1, 0.15) is 0 Å². The molecule has 2 unspecified atom stereocenters. The van der Waals surface area contributed by atoms with Crippen molar-refractivity contribution in [2.24, 2.45) is 11.8 Å². The zero-order chi connectivity index (χ0) is 14.5. The van der Waals surface area contributed by atoms with Crippen molar-refractivity contribution in [3.63, 3.8) is 0 Å². The Morgan fingerprint density at radius 2 is 2.26 bits per heavy atom. The van der Waals surface area contributed by atoms with Gasteiger partial charge in [-0.3, -0.25) is 9.59 Å². The summed E-state index contributed by atoms with van der Waals surface area (Å²) in [4.78, 5) is 22.9. The van der Waals surface area contributed by atoms with E-state index in [0.717, 1.165) is 6.42 Å². The number of hydrogen-bond donors (Lipinski definition) is 3. The number of aliphatic hydroxyl groups is 1. The molecule has 0 aliphatic carbocycles. The van der Waals surface area contributed by atoms with E-state index in [-0.39, 0.29) is 24.3 Å². The van der Waals surface area contributed by atoms with E-state index in [9.17, 15) is 14.7 Å². The monoisotopic (exact) mass is 270 g/mol. The first-order valence-electron chi connectivity index (χ1n) is 7.07. The summed E-state index contributed by atoms with van der Waals surface area (Å²) < 4.78 is 0. The maximum absolute atomic E-state index is 11.9. The van der Waals surface area contributed by atoms with Crippen molar-refractivity contribution in [2.75, 3.05) is 13.1 Å². The molecule has 3 N–H and O–H groups in total. The predicted molar refractivity (Wildman–Crippen MR) is 73.4 cm³/mol. The van der Waals surface area contributed by atoms with Crippen LogP contribution in [0, 0.1) is 11.8 Å². The Balaban J connectivity index is 2.30. The zero-order valence-electron chi connectivity index (χ0n) is 12.2. The SMILES string of the molecule is CC(C)CCC(C)(O)CNC(=O)C1CCC(=O)NC1. The third-order valence-corrected chi connectivity index (χ3v) is 3.54. The summed E-state index contributed by atoms with van der Waals surface area (Å²) in [6.45, 7) is 6.64. The van der Waals surface area contributed by atoms with Gasteiger partial charge in [0.15, 0.2) is 0 Å². The normalized spacial score (nSPS) is 22.8. The molecule has 2 atom stereocenters. The molecule has 0 spiro atoms. The summed E-state index contributed by atoms with van der Waals surface area (Å²) in [5.74, 6) is 0.298. The fourth-order valence-corrected chi connectivity index (χ4v) is 2.07. The topological polar surface area (TPSA) is 78.4 Å². The number of hydrogen-bond acceptors (Lipinski definition) is 3. The summed E-state index contributed by atoms with van der Waals surface area (Å²) >= 11 is 0. The van der Waals surface area contributed by atoms with Gasteiger partial charge in [-0.15, -0.1) is 0 Å². The maximum atomic E-state index is 11.9. The molecule has 0 aromatic rings. The number of piperidine rings is 1. The highest BCUT2D eigenvalue weighted by atomic mass is 16.3. The third kappa shape index (κ3) is 6.05. The number of carbonyl (C=O) groups excluding carboxylic acids is 2. The van der Waals surface area contributed by atoms with Crippen LogP contribution >= 0.6 is 0 Å². The maximum Gasteiger partial charge on any atom is 0.225 e. The first kappa shape index (κ1) is 16.0. The van der Waals surface area contributed by atoms with Gasteiger partial charge in [0, 0.05) is 19.5 Å². The molecule has 1 saturated heterocycles. The lowest BCUT2D eigenvalue weighted by atomic mass is 9.94. The van der Waals surface area contributed by atoms with Gasteiger partial charge in [0.25, 0.3) is 0 Å². The lowest BCUT2D eigenvalue weighted by molar-refractivity contribution is -0.129. The van der Waals surface area contributed by atoms with Crippen molar-refractivity contribution in [3.8, 4) is 0 Å². The van der Waals surface area contributed by atoms with Gasteiger partial charge >= 0.3 is 0 Å². The molecule has 1 aliphatic heterocycles. The summed E-state index contributed by atoms with van der Waals surface area (Å²) in [6.07, 6.45) is 2.60. The minimum Gasteiger partial charge on any atom is -0.388 e. The van der Waals surface area contributed by atoms with Crippen LogP contribution in [0.2, 0.25) is 0 Å². The van der Waals surface area contributed by atoms with Crippen molar-refractivity contribution in [1.29, 1.82) is 0 Å². The van der Waals surface area contributed by atoms with Gasteiger partial charge in [-0.25, -0.2) is 0 Å². The lowest BCUT2D eigenvalue weighted by Gasteiger charge is -2.27. The Bertz CT molecular complexity index is 317. The second kappa shape index (κ2) is 6.89. The van der Waals surface area contributed by atoms with E-state index in [1.54, 1.807) is 6.92 Å². The van der Waals surface area contributed by atoms with Crippen LogP contribution in [0.1, 0.15) is 46.5 Å². The Labute approximate surface area is 115 Å². The van der Waals surface area contributed by atoms with Crippen LogP contribution in [0.5, 0.6) is 0 Å². The molecule has 1 fully saturated rings. The van der Waals surface area contributed by atoms with Crippen LogP contribution in [-0.4, -0.2) is 35.6 Å². The molecule has 1 rings (SSSR count). The number of rotatable bonds is 6. The molecule has 2 amide bonds. The van der Waals surface area contributed by atoms with Crippen LogP contribution in [-0.2, 0) is 9.59 Å². The molecule has 0 saturated carbocycles. The van der Waals surface area contributed by atoms with Crippen LogP contribution < -0.4 is 10.6 Å². The van der Waals surface area contributed by atoms with Crippen LogP contribution in [0.4, 0.5) is 0 Å². The molecule has 0 aromatic carbocycles. The third-order valence-electron chi connectivity index (χ3n) is 3.54. The van der Waals surface area contributed by atoms with Gasteiger partial charge in [0.05, 0.1) is 11.5 Å². The smallest absolute Gasteiger partial charge is 0.225 e. The highest BCUT2D eigenvalue weighted by Gasteiger charge is 2.27. The van der Waals surface area contributed by atoms with Gasteiger partial charge in [-0.1, -0.05) is 13.8 Å². The van der Waals surface area contributed by atoms with Gasteiger partial charge < -0.3 is 15.7 Å². The Kier molecular flexibility index (Phi) is 5.79.